The first-order valence-corrected chi connectivity index (χ1v) is 11.5. The van der Waals surface area contributed by atoms with Crippen molar-refractivity contribution in [2.24, 2.45) is 0 Å². The molecule has 0 radical (unpaired) electrons. The fourth-order valence-electron chi connectivity index (χ4n) is 3.52. The maximum Gasteiger partial charge on any atom is 0.326 e. The van der Waals surface area contributed by atoms with Crippen molar-refractivity contribution in [3.8, 4) is 11.5 Å². The van der Waals surface area contributed by atoms with Crippen LogP contribution in [0.1, 0.15) is 47.2 Å². The van der Waals surface area contributed by atoms with Gasteiger partial charge in [0.25, 0.3) is 0 Å². The maximum atomic E-state index is 6.51. The Bertz CT molecular complexity index is 918. The molecule has 0 aliphatic heterocycles. The minimum atomic E-state index is -1.29. The highest BCUT2D eigenvalue weighted by Gasteiger charge is 2.21. The standard InChI is InChI=1S/C26H31O2P/c1-7-22-14-16-25(20(5)18(22)3)27-29(24-12-10-9-11-13-24)28-26-17-15-23(8-2)19(4)21(26)6/h9-17H,7-8H2,1-6H3. The summed E-state index contributed by atoms with van der Waals surface area (Å²) in [5.41, 5.74) is 7.69. The molecular formula is C26H31O2P. The lowest BCUT2D eigenvalue weighted by Gasteiger charge is -2.23. The molecule has 0 saturated carbocycles. The van der Waals surface area contributed by atoms with Crippen LogP contribution in [0.25, 0.3) is 0 Å². The van der Waals surface area contributed by atoms with Gasteiger partial charge in [-0.25, -0.2) is 0 Å². The van der Waals surface area contributed by atoms with Gasteiger partial charge in [-0.1, -0.05) is 44.2 Å². The maximum absolute atomic E-state index is 6.51. The molecule has 0 aromatic heterocycles. The van der Waals surface area contributed by atoms with E-state index in [1.54, 1.807) is 0 Å². The summed E-state index contributed by atoms with van der Waals surface area (Å²) in [4.78, 5) is 0. The van der Waals surface area contributed by atoms with E-state index in [4.69, 9.17) is 9.05 Å². The van der Waals surface area contributed by atoms with Crippen LogP contribution in [0.4, 0.5) is 0 Å². The van der Waals surface area contributed by atoms with Gasteiger partial charge in [-0.2, -0.15) is 0 Å². The first-order valence-electron chi connectivity index (χ1n) is 10.4. The molecule has 3 rings (SSSR count). The highest BCUT2D eigenvalue weighted by atomic mass is 31.2. The molecule has 0 spiro atoms. The van der Waals surface area contributed by atoms with Gasteiger partial charge in [-0.05, 0) is 98.2 Å². The average molecular weight is 407 g/mol. The largest absolute Gasteiger partial charge is 0.435 e. The van der Waals surface area contributed by atoms with E-state index in [9.17, 15) is 0 Å². The summed E-state index contributed by atoms with van der Waals surface area (Å²) in [6, 6.07) is 18.8. The number of hydrogen-bond donors (Lipinski definition) is 0. The van der Waals surface area contributed by atoms with E-state index in [2.05, 4.69) is 77.9 Å². The monoisotopic (exact) mass is 406 g/mol. The van der Waals surface area contributed by atoms with Crippen LogP contribution in [-0.2, 0) is 12.8 Å². The molecule has 0 aliphatic rings. The Morgan fingerprint density at radius 1 is 0.586 bits per heavy atom. The zero-order valence-electron chi connectivity index (χ0n) is 18.4. The van der Waals surface area contributed by atoms with Crippen LogP contribution in [0.5, 0.6) is 11.5 Å². The first-order chi connectivity index (χ1) is 14.0. The fourth-order valence-corrected chi connectivity index (χ4v) is 4.94. The van der Waals surface area contributed by atoms with Gasteiger partial charge in [0.05, 0.1) is 5.30 Å². The van der Waals surface area contributed by atoms with Gasteiger partial charge in [0.2, 0.25) is 0 Å². The highest BCUT2D eigenvalue weighted by Crippen LogP contribution is 2.43. The van der Waals surface area contributed by atoms with Gasteiger partial charge in [-0.15, -0.1) is 0 Å². The Balaban J connectivity index is 1.97. The molecule has 29 heavy (non-hydrogen) atoms. The Morgan fingerprint density at radius 3 is 1.45 bits per heavy atom. The van der Waals surface area contributed by atoms with Crippen molar-refractivity contribution in [3.05, 3.63) is 88.0 Å². The van der Waals surface area contributed by atoms with Crippen molar-refractivity contribution in [3.63, 3.8) is 0 Å². The van der Waals surface area contributed by atoms with Gasteiger partial charge in [0.15, 0.2) is 0 Å². The molecule has 3 aromatic rings. The number of rotatable bonds is 7. The number of benzene rings is 3. The van der Waals surface area contributed by atoms with Crippen molar-refractivity contribution >= 4 is 13.7 Å². The molecule has 0 atom stereocenters. The van der Waals surface area contributed by atoms with E-state index in [1.807, 2.05) is 18.2 Å². The molecule has 0 bridgehead atoms. The smallest absolute Gasteiger partial charge is 0.326 e. The Kier molecular flexibility index (Phi) is 6.98. The molecule has 152 valence electrons. The summed E-state index contributed by atoms with van der Waals surface area (Å²) in [7, 11) is -1.29. The molecule has 0 saturated heterocycles. The molecule has 0 aliphatic carbocycles. The van der Waals surface area contributed by atoms with Gasteiger partial charge < -0.3 is 9.05 Å². The first kappa shape index (κ1) is 21.4. The number of hydrogen-bond acceptors (Lipinski definition) is 2. The van der Waals surface area contributed by atoms with Gasteiger partial charge in [-0.3, -0.25) is 0 Å². The summed E-state index contributed by atoms with van der Waals surface area (Å²) in [5.74, 6) is 1.79. The minimum absolute atomic E-state index is 0.897. The van der Waals surface area contributed by atoms with Crippen molar-refractivity contribution in [1.82, 2.24) is 0 Å². The molecule has 0 amide bonds. The van der Waals surface area contributed by atoms with Crippen LogP contribution in [0.3, 0.4) is 0 Å². The second-order valence-electron chi connectivity index (χ2n) is 7.43. The van der Waals surface area contributed by atoms with Gasteiger partial charge >= 0.3 is 8.38 Å². The Labute approximate surface area is 176 Å². The third kappa shape index (κ3) is 4.65. The molecule has 2 nitrogen and oxygen atoms in total. The van der Waals surface area contributed by atoms with Gasteiger partial charge in [0, 0.05) is 0 Å². The molecule has 0 fully saturated rings. The van der Waals surface area contributed by atoms with Crippen LogP contribution in [0.15, 0.2) is 54.6 Å². The predicted octanol–water partition coefficient (Wildman–Crippen LogP) is 7.14. The summed E-state index contributed by atoms with van der Waals surface area (Å²) in [6.45, 7) is 13.0. The predicted molar refractivity (Wildman–Crippen MR) is 125 cm³/mol. The van der Waals surface area contributed by atoms with Crippen LogP contribution < -0.4 is 14.4 Å². The van der Waals surface area contributed by atoms with E-state index >= 15 is 0 Å². The highest BCUT2D eigenvalue weighted by molar-refractivity contribution is 7.56. The lowest BCUT2D eigenvalue weighted by atomic mass is 10.0. The molecule has 3 aromatic carbocycles. The van der Waals surface area contributed by atoms with E-state index in [1.165, 1.54) is 33.4 Å². The van der Waals surface area contributed by atoms with Crippen LogP contribution in [-0.4, -0.2) is 0 Å². The van der Waals surface area contributed by atoms with Crippen LogP contribution in [0, 0.1) is 27.7 Å². The zero-order valence-corrected chi connectivity index (χ0v) is 19.3. The molecule has 0 N–H and O–H groups in total. The zero-order chi connectivity index (χ0) is 21.0. The lowest BCUT2D eigenvalue weighted by Crippen LogP contribution is -2.11. The summed E-state index contributed by atoms with van der Waals surface area (Å²) >= 11 is 0. The van der Waals surface area contributed by atoms with E-state index in [-0.39, 0.29) is 0 Å². The van der Waals surface area contributed by atoms with Crippen molar-refractivity contribution in [1.29, 1.82) is 0 Å². The quantitative estimate of drug-likeness (QED) is 0.388. The van der Waals surface area contributed by atoms with Crippen molar-refractivity contribution < 1.29 is 9.05 Å². The SMILES string of the molecule is CCc1ccc(OP(Oc2ccc(CC)c(C)c2C)c2ccccc2)c(C)c1C. The van der Waals surface area contributed by atoms with Crippen molar-refractivity contribution in [2.75, 3.05) is 0 Å². The molecular weight excluding hydrogens is 375 g/mol. The summed E-state index contributed by atoms with van der Waals surface area (Å²) in [6.07, 6.45) is 2.05. The van der Waals surface area contributed by atoms with Crippen LogP contribution in [0.2, 0.25) is 0 Å². The minimum Gasteiger partial charge on any atom is -0.435 e. The van der Waals surface area contributed by atoms with Crippen molar-refractivity contribution in [2.45, 2.75) is 54.4 Å². The summed E-state index contributed by atoms with van der Waals surface area (Å²) in [5, 5.41) is 1.07. The fraction of sp³-hybridized carbons (Fsp3) is 0.308. The molecule has 0 unspecified atom stereocenters. The Morgan fingerprint density at radius 2 is 1.03 bits per heavy atom. The van der Waals surface area contributed by atoms with E-state index < -0.39 is 8.38 Å². The average Bonchev–Trinajstić information content (AvgIpc) is 2.75. The Hall–Kier alpha value is -2.31. The van der Waals surface area contributed by atoms with E-state index in [0.717, 1.165) is 29.6 Å². The second-order valence-corrected chi connectivity index (χ2v) is 8.82. The lowest BCUT2D eigenvalue weighted by molar-refractivity contribution is 0.496. The molecule has 3 heteroatoms. The second kappa shape index (κ2) is 9.46. The summed E-state index contributed by atoms with van der Waals surface area (Å²) < 4.78 is 13.0. The molecule has 0 heterocycles. The van der Waals surface area contributed by atoms with E-state index in [0.29, 0.717) is 0 Å². The number of aryl methyl sites for hydroxylation is 2. The van der Waals surface area contributed by atoms with Gasteiger partial charge in [0.1, 0.15) is 11.5 Å². The topological polar surface area (TPSA) is 18.5 Å². The normalized spacial score (nSPS) is 11.0. The third-order valence-electron chi connectivity index (χ3n) is 5.79. The van der Waals surface area contributed by atoms with Crippen LogP contribution >= 0.6 is 8.38 Å². The third-order valence-corrected chi connectivity index (χ3v) is 7.24.